The third-order valence-electron chi connectivity index (χ3n) is 3.29. The molecular formula is C14H21N5O2. The molecule has 0 aliphatic carbocycles. The fourth-order valence-electron chi connectivity index (χ4n) is 2.12. The number of amides is 1. The zero-order valence-electron chi connectivity index (χ0n) is 12.3. The van der Waals surface area contributed by atoms with Gasteiger partial charge in [-0.25, -0.2) is 0 Å². The summed E-state index contributed by atoms with van der Waals surface area (Å²) in [4.78, 5) is 12.0. The first kappa shape index (κ1) is 15.4. The first-order valence-electron chi connectivity index (χ1n) is 6.98. The Morgan fingerprint density at radius 1 is 1.48 bits per heavy atom. The van der Waals surface area contributed by atoms with E-state index in [0.717, 1.165) is 12.1 Å². The van der Waals surface area contributed by atoms with Crippen molar-refractivity contribution in [1.82, 2.24) is 19.9 Å². The highest BCUT2D eigenvalue weighted by atomic mass is 16.5. The summed E-state index contributed by atoms with van der Waals surface area (Å²) in [6.07, 6.45) is 3.21. The Kier molecular flexibility index (Phi) is 5.24. The molecule has 3 N–H and O–H groups in total. The van der Waals surface area contributed by atoms with Crippen molar-refractivity contribution in [3.63, 3.8) is 0 Å². The standard InChI is InChI=1S/C14H21N5O2/c1-10(16-14(20)11(15)6-5-9-21-2)13-18-17-12-7-3-4-8-19(12)13/h3-4,7-8,10-11H,5-6,9,15H2,1-2H3,(H,16,20). The minimum atomic E-state index is -0.540. The molecular weight excluding hydrogens is 270 g/mol. The molecule has 0 saturated carbocycles. The fourth-order valence-corrected chi connectivity index (χ4v) is 2.12. The molecule has 7 nitrogen and oxygen atoms in total. The first-order valence-corrected chi connectivity index (χ1v) is 6.98. The van der Waals surface area contributed by atoms with Gasteiger partial charge in [-0.15, -0.1) is 10.2 Å². The summed E-state index contributed by atoms with van der Waals surface area (Å²) < 4.78 is 6.80. The lowest BCUT2D eigenvalue weighted by molar-refractivity contribution is -0.123. The lowest BCUT2D eigenvalue weighted by Crippen LogP contribution is -2.42. The third kappa shape index (κ3) is 3.77. The quantitative estimate of drug-likeness (QED) is 0.731. The third-order valence-corrected chi connectivity index (χ3v) is 3.29. The zero-order chi connectivity index (χ0) is 15.2. The normalized spacial score (nSPS) is 14.0. The highest BCUT2D eigenvalue weighted by molar-refractivity contribution is 5.81. The van der Waals surface area contributed by atoms with Gasteiger partial charge in [0.15, 0.2) is 11.5 Å². The van der Waals surface area contributed by atoms with E-state index in [1.807, 2.05) is 35.7 Å². The molecule has 0 spiro atoms. The molecule has 0 bridgehead atoms. The van der Waals surface area contributed by atoms with Crippen LogP contribution in [0.1, 0.15) is 31.6 Å². The van der Waals surface area contributed by atoms with Crippen molar-refractivity contribution in [2.24, 2.45) is 5.73 Å². The van der Waals surface area contributed by atoms with E-state index in [4.69, 9.17) is 10.5 Å². The van der Waals surface area contributed by atoms with Crippen molar-refractivity contribution in [1.29, 1.82) is 0 Å². The van der Waals surface area contributed by atoms with Gasteiger partial charge in [-0.2, -0.15) is 0 Å². The summed E-state index contributed by atoms with van der Waals surface area (Å²) in [6, 6.07) is 4.85. The fraction of sp³-hybridized carbons (Fsp3) is 0.500. The second kappa shape index (κ2) is 7.14. The summed E-state index contributed by atoms with van der Waals surface area (Å²) in [7, 11) is 1.63. The van der Waals surface area contributed by atoms with Gasteiger partial charge in [0.25, 0.3) is 0 Å². The van der Waals surface area contributed by atoms with Crippen LogP contribution in [0, 0.1) is 0 Å². The maximum Gasteiger partial charge on any atom is 0.237 e. The Morgan fingerprint density at radius 3 is 3.05 bits per heavy atom. The van der Waals surface area contributed by atoms with E-state index in [1.54, 1.807) is 7.11 Å². The van der Waals surface area contributed by atoms with Crippen LogP contribution in [0.5, 0.6) is 0 Å². The van der Waals surface area contributed by atoms with Crippen LogP contribution in [0.15, 0.2) is 24.4 Å². The van der Waals surface area contributed by atoms with E-state index in [-0.39, 0.29) is 11.9 Å². The van der Waals surface area contributed by atoms with Crippen LogP contribution in [-0.2, 0) is 9.53 Å². The van der Waals surface area contributed by atoms with Crippen LogP contribution < -0.4 is 11.1 Å². The Hall–Kier alpha value is -1.99. The number of carbonyl (C=O) groups excluding carboxylic acids is 1. The summed E-state index contributed by atoms with van der Waals surface area (Å²) in [5.74, 6) is 0.495. The highest BCUT2D eigenvalue weighted by Crippen LogP contribution is 2.12. The number of carbonyl (C=O) groups is 1. The number of fused-ring (bicyclic) bond motifs is 1. The van der Waals surface area contributed by atoms with E-state index in [2.05, 4.69) is 15.5 Å². The number of aromatic nitrogens is 3. The van der Waals surface area contributed by atoms with Gasteiger partial charge < -0.3 is 15.8 Å². The molecule has 1 amide bonds. The number of nitrogens with zero attached hydrogens (tertiary/aromatic N) is 3. The number of hydrogen-bond donors (Lipinski definition) is 2. The molecule has 2 rings (SSSR count). The van der Waals surface area contributed by atoms with Crippen molar-refractivity contribution in [2.45, 2.75) is 31.8 Å². The minimum absolute atomic E-state index is 0.189. The summed E-state index contributed by atoms with van der Waals surface area (Å²) in [6.45, 7) is 2.47. The topological polar surface area (TPSA) is 94.5 Å². The lowest BCUT2D eigenvalue weighted by atomic mass is 10.1. The van der Waals surface area contributed by atoms with Crippen molar-refractivity contribution >= 4 is 11.6 Å². The van der Waals surface area contributed by atoms with Crippen molar-refractivity contribution in [2.75, 3.05) is 13.7 Å². The molecule has 0 saturated heterocycles. The lowest BCUT2D eigenvalue weighted by Gasteiger charge is -2.16. The Balaban J connectivity index is 1.97. The Labute approximate surface area is 123 Å². The predicted octanol–water partition coefficient (Wildman–Crippen LogP) is 0.660. The molecule has 114 valence electrons. The maximum atomic E-state index is 12.0. The Bertz CT molecular complexity index is 598. The number of hydrogen-bond acceptors (Lipinski definition) is 5. The minimum Gasteiger partial charge on any atom is -0.385 e. The first-order chi connectivity index (χ1) is 10.1. The van der Waals surface area contributed by atoms with Crippen molar-refractivity contribution in [3.05, 3.63) is 30.2 Å². The average Bonchev–Trinajstić information content (AvgIpc) is 2.91. The number of nitrogens with one attached hydrogen (secondary N) is 1. The molecule has 0 fully saturated rings. The number of ether oxygens (including phenoxy) is 1. The summed E-state index contributed by atoms with van der Waals surface area (Å²) >= 11 is 0. The Morgan fingerprint density at radius 2 is 2.29 bits per heavy atom. The van der Waals surface area contributed by atoms with Gasteiger partial charge in [-0.05, 0) is 31.9 Å². The maximum absolute atomic E-state index is 12.0. The van der Waals surface area contributed by atoms with Gasteiger partial charge in [-0.3, -0.25) is 9.20 Å². The van der Waals surface area contributed by atoms with Gasteiger partial charge in [0.1, 0.15) is 0 Å². The molecule has 2 aromatic heterocycles. The highest BCUT2D eigenvalue weighted by Gasteiger charge is 2.19. The van der Waals surface area contributed by atoms with E-state index in [9.17, 15) is 4.79 Å². The number of methoxy groups -OCH3 is 1. The molecule has 0 aliphatic rings. The van der Waals surface area contributed by atoms with Crippen LogP contribution in [0.3, 0.4) is 0 Å². The SMILES string of the molecule is COCCCC(N)C(=O)NC(C)c1nnc2ccccn12. The second-order valence-corrected chi connectivity index (χ2v) is 4.96. The van der Waals surface area contributed by atoms with Crippen LogP contribution in [0.4, 0.5) is 0 Å². The van der Waals surface area contributed by atoms with Crippen LogP contribution >= 0.6 is 0 Å². The van der Waals surface area contributed by atoms with Crippen LogP contribution in [-0.4, -0.2) is 40.3 Å². The molecule has 2 aromatic rings. The van der Waals surface area contributed by atoms with E-state index >= 15 is 0 Å². The number of pyridine rings is 1. The number of nitrogens with two attached hydrogens (primary N) is 1. The summed E-state index contributed by atoms with van der Waals surface area (Å²) in [5, 5.41) is 11.1. The van der Waals surface area contributed by atoms with Gasteiger partial charge in [0.2, 0.25) is 5.91 Å². The van der Waals surface area contributed by atoms with Gasteiger partial charge >= 0.3 is 0 Å². The predicted molar refractivity (Wildman–Crippen MR) is 78.6 cm³/mol. The van der Waals surface area contributed by atoms with E-state index in [0.29, 0.717) is 18.9 Å². The molecule has 2 unspecified atom stereocenters. The molecule has 0 aromatic carbocycles. The zero-order valence-corrected chi connectivity index (χ0v) is 12.3. The van der Waals surface area contributed by atoms with Crippen molar-refractivity contribution in [3.8, 4) is 0 Å². The monoisotopic (exact) mass is 291 g/mol. The largest absolute Gasteiger partial charge is 0.385 e. The van der Waals surface area contributed by atoms with Crippen LogP contribution in [0.2, 0.25) is 0 Å². The molecule has 0 aliphatic heterocycles. The molecule has 0 radical (unpaired) electrons. The van der Waals surface area contributed by atoms with Gasteiger partial charge in [-0.1, -0.05) is 6.07 Å². The summed E-state index contributed by atoms with van der Waals surface area (Å²) in [5.41, 5.74) is 6.61. The average molecular weight is 291 g/mol. The number of rotatable bonds is 7. The molecule has 7 heteroatoms. The smallest absolute Gasteiger partial charge is 0.237 e. The molecule has 2 atom stereocenters. The van der Waals surface area contributed by atoms with Crippen LogP contribution in [0.25, 0.3) is 5.65 Å². The van der Waals surface area contributed by atoms with E-state index in [1.165, 1.54) is 0 Å². The molecule has 2 heterocycles. The molecule has 21 heavy (non-hydrogen) atoms. The van der Waals surface area contributed by atoms with Gasteiger partial charge in [0, 0.05) is 19.9 Å². The van der Waals surface area contributed by atoms with Crippen molar-refractivity contribution < 1.29 is 9.53 Å². The van der Waals surface area contributed by atoms with E-state index < -0.39 is 6.04 Å². The second-order valence-electron chi connectivity index (χ2n) is 4.96. The van der Waals surface area contributed by atoms with Gasteiger partial charge in [0.05, 0.1) is 12.1 Å².